The highest BCUT2D eigenvalue weighted by molar-refractivity contribution is 6.09. The molecule has 0 aliphatic carbocycles. The molecule has 0 bridgehead atoms. The summed E-state index contributed by atoms with van der Waals surface area (Å²) in [5.74, 6) is 0.535. The van der Waals surface area contributed by atoms with Crippen LogP contribution in [0.15, 0.2) is 97.1 Å². The lowest BCUT2D eigenvalue weighted by molar-refractivity contribution is 0.0985. The molecule has 4 aromatic carbocycles. The molecule has 2 amide bonds. The second-order valence-electron chi connectivity index (χ2n) is 8.85. The lowest BCUT2D eigenvalue weighted by Crippen LogP contribution is -2.31. The number of hydrogen-bond acceptors (Lipinski definition) is 3. The van der Waals surface area contributed by atoms with Crippen LogP contribution >= 0.6 is 0 Å². The Bertz CT molecular complexity index is 1380. The molecule has 0 fully saturated rings. The maximum atomic E-state index is 13.3. The Hall–Kier alpha value is -4.38. The summed E-state index contributed by atoms with van der Waals surface area (Å²) in [6, 6.07) is 30.4. The van der Waals surface area contributed by atoms with Gasteiger partial charge in [0.05, 0.1) is 7.11 Å². The maximum Gasteiger partial charge on any atom is 0.258 e. The number of hydrogen-bond donors (Lipinski definition) is 1. The highest BCUT2D eigenvalue weighted by Crippen LogP contribution is 2.29. The summed E-state index contributed by atoms with van der Waals surface area (Å²) < 4.78 is 5.24. The van der Waals surface area contributed by atoms with Gasteiger partial charge in [0.15, 0.2) is 0 Å². The Kier molecular flexibility index (Phi) is 6.80. The van der Waals surface area contributed by atoms with Crippen molar-refractivity contribution in [2.75, 3.05) is 23.9 Å². The fourth-order valence-electron chi connectivity index (χ4n) is 4.66. The van der Waals surface area contributed by atoms with Crippen molar-refractivity contribution in [3.05, 3.63) is 114 Å². The van der Waals surface area contributed by atoms with Gasteiger partial charge in [-0.25, -0.2) is 0 Å². The van der Waals surface area contributed by atoms with E-state index in [-0.39, 0.29) is 11.8 Å². The fraction of sp³-hybridized carbons (Fsp3) is 0.161. The molecule has 0 saturated carbocycles. The molecule has 5 rings (SSSR count). The minimum Gasteiger partial charge on any atom is -0.497 e. The summed E-state index contributed by atoms with van der Waals surface area (Å²) in [7, 11) is 1.63. The van der Waals surface area contributed by atoms with Crippen LogP contribution in [-0.4, -0.2) is 25.5 Å². The topological polar surface area (TPSA) is 58.6 Å². The molecule has 180 valence electrons. The summed E-state index contributed by atoms with van der Waals surface area (Å²) >= 11 is 0. The van der Waals surface area contributed by atoms with Crippen molar-refractivity contribution >= 4 is 23.2 Å². The molecular formula is C31H28N2O3. The van der Waals surface area contributed by atoms with E-state index in [0.29, 0.717) is 23.4 Å². The van der Waals surface area contributed by atoms with E-state index < -0.39 is 0 Å². The van der Waals surface area contributed by atoms with E-state index in [2.05, 4.69) is 11.4 Å². The Morgan fingerprint density at radius 3 is 2.31 bits per heavy atom. The number of para-hydroxylation sites is 1. The van der Waals surface area contributed by atoms with Crippen LogP contribution in [-0.2, 0) is 6.42 Å². The van der Waals surface area contributed by atoms with Crippen LogP contribution in [0.1, 0.15) is 39.1 Å². The van der Waals surface area contributed by atoms with Gasteiger partial charge in [-0.3, -0.25) is 9.59 Å². The predicted octanol–water partition coefficient (Wildman–Crippen LogP) is 6.60. The Balaban J connectivity index is 1.33. The Labute approximate surface area is 211 Å². The number of fused-ring (bicyclic) bond motifs is 1. The second kappa shape index (κ2) is 10.5. The standard InChI is InChI=1S/C31H28N2O3/c1-36-26-19-15-22(16-20-26)27-10-3-4-11-28(27)30(34)32-25-17-13-24(14-18-25)31(35)33-21-7-6-9-23-8-2-5-12-29(23)33/h2-5,8,10-20H,6-7,9,21H2,1H3,(H,32,34). The zero-order valence-electron chi connectivity index (χ0n) is 20.2. The number of nitrogens with zero attached hydrogens (tertiary/aromatic N) is 1. The van der Waals surface area contributed by atoms with Gasteiger partial charge in [0, 0.05) is 29.0 Å². The van der Waals surface area contributed by atoms with Crippen molar-refractivity contribution in [2.45, 2.75) is 19.3 Å². The molecule has 0 saturated heterocycles. The Morgan fingerprint density at radius 2 is 1.53 bits per heavy atom. The first-order valence-corrected chi connectivity index (χ1v) is 12.2. The van der Waals surface area contributed by atoms with Crippen molar-refractivity contribution in [3.63, 3.8) is 0 Å². The van der Waals surface area contributed by atoms with Crippen LogP contribution in [0.2, 0.25) is 0 Å². The van der Waals surface area contributed by atoms with Crippen molar-refractivity contribution < 1.29 is 14.3 Å². The van der Waals surface area contributed by atoms with Gasteiger partial charge in [0.25, 0.3) is 11.8 Å². The number of methoxy groups -OCH3 is 1. The fourth-order valence-corrected chi connectivity index (χ4v) is 4.66. The average molecular weight is 477 g/mol. The number of carbonyl (C=O) groups is 2. The molecule has 0 spiro atoms. The number of aryl methyl sites for hydroxylation is 1. The van der Waals surface area contributed by atoms with Crippen molar-refractivity contribution in [2.24, 2.45) is 0 Å². The smallest absolute Gasteiger partial charge is 0.258 e. The van der Waals surface area contributed by atoms with Gasteiger partial charge in [-0.05, 0) is 84.5 Å². The molecule has 5 nitrogen and oxygen atoms in total. The first kappa shape index (κ1) is 23.4. The van der Waals surface area contributed by atoms with Crippen molar-refractivity contribution in [3.8, 4) is 16.9 Å². The summed E-state index contributed by atoms with van der Waals surface area (Å²) in [4.78, 5) is 28.4. The number of nitrogens with one attached hydrogen (secondary N) is 1. The molecule has 1 heterocycles. The van der Waals surface area contributed by atoms with E-state index in [4.69, 9.17) is 4.74 Å². The van der Waals surface area contributed by atoms with Gasteiger partial charge in [-0.1, -0.05) is 48.5 Å². The van der Waals surface area contributed by atoms with Crippen LogP contribution < -0.4 is 15.0 Å². The molecule has 0 unspecified atom stereocenters. The minimum atomic E-state index is -0.207. The van der Waals surface area contributed by atoms with Crippen molar-refractivity contribution in [1.82, 2.24) is 0 Å². The van der Waals surface area contributed by atoms with Gasteiger partial charge in [0.2, 0.25) is 0 Å². The monoisotopic (exact) mass is 476 g/mol. The number of rotatable bonds is 5. The van der Waals surface area contributed by atoms with E-state index in [0.717, 1.165) is 41.8 Å². The number of carbonyl (C=O) groups excluding carboxylic acids is 2. The molecule has 1 N–H and O–H groups in total. The van der Waals surface area contributed by atoms with Gasteiger partial charge < -0.3 is 15.0 Å². The lowest BCUT2D eigenvalue weighted by Gasteiger charge is -2.23. The molecule has 1 aliphatic rings. The first-order valence-electron chi connectivity index (χ1n) is 12.2. The van der Waals surface area contributed by atoms with E-state index in [1.165, 1.54) is 5.56 Å². The largest absolute Gasteiger partial charge is 0.497 e. The number of amides is 2. The summed E-state index contributed by atoms with van der Waals surface area (Å²) in [6.07, 6.45) is 3.04. The SMILES string of the molecule is COc1ccc(-c2ccccc2C(=O)Nc2ccc(C(=O)N3CCCCc4ccccc43)cc2)cc1. The summed E-state index contributed by atoms with van der Waals surface area (Å²) in [5.41, 5.74) is 5.78. The molecule has 1 aliphatic heterocycles. The lowest BCUT2D eigenvalue weighted by atomic mass is 9.99. The number of anilines is 2. The van der Waals surface area contributed by atoms with Gasteiger partial charge >= 0.3 is 0 Å². The zero-order chi connectivity index (χ0) is 24.9. The molecule has 0 aromatic heterocycles. The van der Waals surface area contributed by atoms with Crippen LogP contribution in [0.3, 0.4) is 0 Å². The molecule has 0 atom stereocenters. The quantitative estimate of drug-likeness (QED) is 0.353. The summed E-state index contributed by atoms with van der Waals surface area (Å²) in [6.45, 7) is 0.705. The highest BCUT2D eigenvalue weighted by atomic mass is 16.5. The normalized spacial score (nSPS) is 12.9. The molecular weight excluding hydrogens is 448 g/mol. The summed E-state index contributed by atoms with van der Waals surface area (Å²) in [5, 5.41) is 2.97. The van der Waals surface area contributed by atoms with Gasteiger partial charge in [-0.2, -0.15) is 0 Å². The van der Waals surface area contributed by atoms with Crippen LogP contribution in [0.25, 0.3) is 11.1 Å². The molecule has 5 heteroatoms. The molecule has 36 heavy (non-hydrogen) atoms. The van der Waals surface area contributed by atoms with E-state index >= 15 is 0 Å². The average Bonchev–Trinajstić information content (AvgIpc) is 3.16. The third kappa shape index (κ3) is 4.86. The Morgan fingerprint density at radius 1 is 0.806 bits per heavy atom. The number of ether oxygens (including phenoxy) is 1. The number of benzene rings is 4. The van der Waals surface area contributed by atoms with Gasteiger partial charge in [-0.15, -0.1) is 0 Å². The first-order chi connectivity index (χ1) is 17.6. The van der Waals surface area contributed by atoms with E-state index in [1.807, 2.05) is 71.6 Å². The zero-order valence-corrected chi connectivity index (χ0v) is 20.2. The third-order valence-corrected chi connectivity index (χ3v) is 6.57. The van der Waals surface area contributed by atoms with Crippen molar-refractivity contribution in [1.29, 1.82) is 0 Å². The van der Waals surface area contributed by atoms with Crippen LogP contribution in [0.5, 0.6) is 5.75 Å². The maximum absolute atomic E-state index is 13.3. The second-order valence-corrected chi connectivity index (χ2v) is 8.85. The van der Waals surface area contributed by atoms with Gasteiger partial charge in [0.1, 0.15) is 5.75 Å². The highest BCUT2D eigenvalue weighted by Gasteiger charge is 2.22. The van der Waals surface area contributed by atoms with E-state index in [1.54, 1.807) is 31.4 Å². The third-order valence-electron chi connectivity index (χ3n) is 6.57. The predicted molar refractivity (Wildman–Crippen MR) is 144 cm³/mol. The van der Waals surface area contributed by atoms with Crippen LogP contribution in [0.4, 0.5) is 11.4 Å². The van der Waals surface area contributed by atoms with Crippen LogP contribution in [0, 0.1) is 0 Å². The minimum absolute atomic E-state index is 0.0212. The molecule has 0 radical (unpaired) electrons. The van der Waals surface area contributed by atoms with E-state index in [9.17, 15) is 9.59 Å². The molecule has 4 aromatic rings.